The van der Waals surface area contributed by atoms with Gasteiger partial charge in [-0.3, -0.25) is 0 Å². The van der Waals surface area contributed by atoms with Crippen LogP contribution in [0, 0.1) is 0 Å². The van der Waals surface area contributed by atoms with E-state index in [0.29, 0.717) is 11.8 Å². The molecular formula is C11H20N4O. The highest BCUT2D eigenvalue weighted by Crippen LogP contribution is 2.37. The first kappa shape index (κ1) is 11.4. The molecule has 0 spiro atoms. The molecule has 5 heteroatoms. The number of hydrogen-bond acceptors (Lipinski definition) is 5. The van der Waals surface area contributed by atoms with Gasteiger partial charge in [0.25, 0.3) is 5.95 Å². The van der Waals surface area contributed by atoms with Crippen LogP contribution in [0.15, 0.2) is 4.52 Å². The van der Waals surface area contributed by atoms with Gasteiger partial charge < -0.3 is 15.2 Å². The molecule has 1 aromatic heterocycles. The smallest absolute Gasteiger partial charge is 0.265 e. The van der Waals surface area contributed by atoms with Crippen LogP contribution < -0.4 is 10.6 Å². The van der Waals surface area contributed by atoms with Crippen LogP contribution >= 0.6 is 0 Å². The quantitative estimate of drug-likeness (QED) is 0.820. The van der Waals surface area contributed by atoms with Gasteiger partial charge in [-0.2, -0.15) is 4.98 Å². The van der Waals surface area contributed by atoms with Gasteiger partial charge in [-0.25, -0.2) is 0 Å². The summed E-state index contributed by atoms with van der Waals surface area (Å²) in [4.78, 5) is 6.26. The molecule has 0 saturated heterocycles. The molecule has 0 bridgehead atoms. The zero-order chi connectivity index (χ0) is 11.8. The lowest BCUT2D eigenvalue weighted by Crippen LogP contribution is -2.45. The Morgan fingerprint density at radius 2 is 2.19 bits per heavy atom. The first-order valence-corrected chi connectivity index (χ1v) is 5.81. The minimum atomic E-state index is -0.153. The third-order valence-electron chi connectivity index (χ3n) is 3.58. The summed E-state index contributed by atoms with van der Waals surface area (Å²) in [7, 11) is 3.80. The normalized spacial score (nSPS) is 30.4. The van der Waals surface area contributed by atoms with Gasteiger partial charge in [0, 0.05) is 20.1 Å². The number of nitrogens with zero attached hydrogens (tertiary/aromatic N) is 3. The Hall–Kier alpha value is -1.10. The van der Waals surface area contributed by atoms with Crippen LogP contribution in [0.2, 0.25) is 0 Å². The van der Waals surface area contributed by atoms with E-state index >= 15 is 0 Å². The maximum absolute atomic E-state index is 6.19. The average molecular weight is 224 g/mol. The van der Waals surface area contributed by atoms with Crippen LogP contribution in [0.4, 0.5) is 5.95 Å². The van der Waals surface area contributed by atoms with Gasteiger partial charge in [0.15, 0.2) is 0 Å². The number of aromatic nitrogens is 2. The summed E-state index contributed by atoms with van der Waals surface area (Å²) >= 11 is 0. The molecular weight excluding hydrogens is 204 g/mol. The molecule has 5 nitrogen and oxygen atoms in total. The predicted octanol–water partition coefficient (Wildman–Crippen LogP) is 1.29. The molecule has 0 radical (unpaired) electrons. The fourth-order valence-electron chi connectivity index (χ4n) is 2.26. The zero-order valence-electron chi connectivity index (χ0n) is 10.2. The monoisotopic (exact) mass is 224 g/mol. The summed E-state index contributed by atoms with van der Waals surface area (Å²) in [5.74, 6) is 1.30. The van der Waals surface area contributed by atoms with E-state index in [9.17, 15) is 0 Å². The Morgan fingerprint density at radius 3 is 2.75 bits per heavy atom. The van der Waals surface area contributed by atoms with Crippen molar-refractivity contribution in [1.82, 2.24) is 10.1 Å². The lowest BCUT2D eigenvalue weighted by molar-refractivity contribution is 0.203. The van der Waals surface area contributed by atoms with Crippen molar-refractivity contribution >= 4 is 5.95 Å². The van der Waals surface area contributed by atoms with Crippen molar-refractivity contribution in [1.29, 1.82) is 0 Å². The van der Waals surface area contributed by atoms with Crippen LogP contribution in [0.1, 0.15) is 38.5 Å². The molecule has 1 saturated carbocycles. The summed E-state index contributed by atoms with van der Waals surface area (Å²) < 4.78 is 5.36. The van der Waals surface area contributed by atoms with Crippen molar-refractivity contribution in [2.45, 2.75) is 44.1 Å². The van der Waals surface area contributed by atoms with Crippen molar-refractivity contribution in [2.75, 3.05) is 19.0 Å². The van der Waals surface area contributed by atoms with Gasteiger partial charge in [0.05, 0.1) is 5.41 Å². The maximum atomic E-state index is 6.19. The fraction of sp³-hybridized carbons (Fsp3) is 0.818. The number of anilines is 1. The maximum Gasteiger partial charge on any atom is 0.265 e. The Balaban J connectivity index is 2.27. The van der Waals surface area contributed by atoms with Gasteiger partial charge >= 0.3 is 0 Å². The molecule has 1 heterocycles. The highest BCUT2D eigenvalue weighted by atomic mass is 16.5. The largest absolute Gasteiger partial charge is 0.344 e. The van der Waals surface area contributed by atoms with E-state index in [1.165, 1.54) is 12.8 Å². The van der Waals surface area contributed by atoms with E-state index in [1.54, 1.807) is 0 Å². The molecule has 1 aliphatic carbocycles. The number of nitrogens with two attached hydrogens (primary N) is 1. The summed E-state index contributed by atoms with van der Waals surface area (Å²) in [5.41, 5.74) is 6.04. The van der Waals surface area contributed by atoms with Crippen LogP contribution in [0.3, 0.4) is 0 Å². The Morgan fingerprint density at radius 1 is 1.44 bits per heavy atom. The van der Waals surface area contributed by atoms with Crippen molar-refractivity contribution in [3.05, 3.63) is 5.89 Å². The second-order valence-electron chi connectivity index (χ2n) is 5.06. The van der Waals surface area contributed by atoms with Gasteiger partial charge in [0.2, 0.25) is 5.89 Å². The standard InChI is InChI=1S/C11H20N4O/c1-11(7-5-4-6-8(11)12)9-13-10(14-16-9)15(2)3/h8H,4-7,12H2,1-3H3. The lowest BCUT2D eigenvalue weighted by atomic mass is 9.72. The lowest BCUT2D eigenvalue weighted by Gasteiger charge is -2.35. The number of rotatable bonds is 2. The molecule has 2 atom stereocenters. The molecule has 16 heavy (non-hydrogen) atoms. The topological polar surface area (TPSA) is 68.2 Å². The summed E-state index contributed by atoms with van der Waals surface area (Å²) in [6, 6.07) is 0.122. The van der Waals surface area contributed by atoms with Crippen molar-refractivity contribution in [3.8, 4) is 0 Å². The predicted molar refractivity (Wildman–Crippen MR) is 62.4 cm³/mol. The van der Waals surface area contributed by atoms with Crippen LogP contribution in [0.25, 0.3) is 0 Å². The molecule has 1 aromatic rings. The van der Waals surface area contributed by atoms with Gasteiger partial charge in [-0.15, -0.1) is 0 Å². The van der Waals surface area contributed by atoms with E-state index in [1.807, 2.05) is 19.0 Å². The molecule has 90 valence electrons. The minimum Gasteiger partial charge on any atom is -0.344 e. The third-order valence-corrected chi connectivity index (χ3v) is 3.58. The van der Waals surface area contributed by atoms with E-state index in [-0.39, 0.29) is 11.5 Å². The van der Waals surface area contributed by atoms with Crippen LogP contribution in [-0.2, 0) is 5.41 Å². The first-order chi connectivity index (χ1) is 7.54. The van der Waals surface area contributed by atoms with Crippen molar-refractivity contribution < 1.29 is 4.52 Å². The van der Waals surface area contributed by atoms with Crippen molar-refractivity contribution in [3.63, 3.8) is 0 Å². The van der Waals surface area contributed by atoms with Gasteiger partial charge in [-0.1, -0.05) is 12.8 Å². The third kappa shape index (κ3) is 1.80. The number of hydrogen-bond donors (Lipinski definition) is 1. The molecule has 2 N–H and O–H groups in total. The van der Waals surface area contributed by atoms with E-state index in [0.717, 1.165) is 12.8 Å². The van der Waals surface area contributed by atoms with E-state index < -0.39 is 0 Å². The highest BCUT2D eigenvalue weighted by molar-refractivity contribution is 5.26. The second kappa shape index (κ2) is 4.05. The Kier molecular flexibility index (Phi) is 2.88. The molecule has 1 fully saturated rings. The van der Waals surface area contributed by atoms with Crippen LogP contribution in [-0.4, -0.2) is 30.3 Å². The molecule has 0 amide bonds. The molecule has 2 unspecified atom stereocenters. The molecule has 2 rings (SSSR count). The van der Waals surface area contributed by atoms with Crippen molar-refractivity contribution in [2.24, 2.45) is 5.73 Å². The van der Waals surface area contributed by atoms with E-state index in [2.05, 4.69) is 17.1 Å². The highest BCUT2D eigenvalue weighted by Gasteiger charge is 2.40. The van der Waals surface area contributed by atoms with Gasteiger partial charge in [-0.05, 0) is 24.9 Å². The molecule has 0 aromatic carbocycles. The molecule has 0 aliphatic heterocycles. The Bertz CT molecular complexity index is 363. The summed E-state index contributed by atoms with van der Waals surface area (Å²) in [6.07, 6.45) is 4.45. The average Bonchev–Trinajstić information content (AvgIpc) is 2.72. The minimum absolute atomic E-state index is 0.122. The Labute approximate surface area is 96.0 Å². The summed E-state index contributed by atoms with van der Waals surface area (Å²) in [5, 5.41) is 3.95. The zero-order valence-corrected chi connectivity index (χ0v) is 10.2. The fourth-order valence-corrected chi connectivity index (χ4v) is 2.26. The summed E-state index contributed by atoms with van der Waals surface area (Å²) in [6.45, 7) is 2.13. The van der Waals surface area contributed by atoms with E-state index in [4.69, 9.17) is 10.3 Å². The first-order valence-electron chi connectivity index (χ1n) is 5.81. The van der Waals surface area contributed by atoms with Gasteiger partial charge in [0.1, 0.15) is 0 Å². The van der Waals surface area contributed by atoms with Crippen LogP contribution in [0.5, 0.6) is 0 Å². The SMILES string of the molecule is CN(C)c1noc(C2(C)CCCCC2N)n1. The second-order valence-corrected chi connectivity index (χ2v) is 5.06. The molecule has 1 aliphatic rings.